The molecule has 1 atom stereocenters. The van der Waals surface area contributed by atoms with Gasteiger partial charge in [0.05, 0.1) is 22.0 Å². The van der Waals surface area contributed by atoms with Crippen molar-refractivity contribution in [1.82, 2.24) is 15.3 Å². The molecular weight excluding hydrogens is 523 g/mol. The fourth-order valence-electron chi connectivity index (χ4n) is 3.56. The van der Waals surface area contributed by atoms with Gasteiger partial charge in [-0.3, -0.25) is 10.1 Å². The fourth-order valence-corrected chi connectivity index (χ4v) is 3.56. The third kappa shape index (κ3) is 7.82. The number of nitrogens with zero attached hydrogens (tertiary/aromatic N) is 3. The number of non-ortho nitro benzene ring substituents is 1. The van der Waals surface area contributed by atoms with Gasteiger partial charge >= 0.3 is 12.3 Å². The first-order chi connectivity index (χ1) is 18.0. The number of nitro groups is 1. The number of alkyl carbamates (subject to hydrolysis) is 1. The second-order valence-corrected chi connectivity index (χ2v) is 9.75. The zero-order chi connectivity index (χ0) is 29.1. The van der Waals surface area contributed by atoms with Gasteiger partial charge in [-0.25, -0.2) is 14.8 Å². The summed E-state index contributed by atoms with van der Waals surface area (Å²) in [5.74, 6) is 0.285. The summed E-state index contributed by atoms with van der Waals surface area (Å²) >= 11 is 0. The van der Waals surface area contributed by atoms with Gasteiger partial charge in [-0.05, 0) is 52.3 Å². The first kappa shape index (κ1) is 29.2. The number of aromatic hydroxyl groups is 1. The Morgan fingerprint density at radius 3 is 2.44 bits per heavy atom. The van der Waals surface area contributed by atoms with Crippen LogP contribution in [0.15, 0.2) is 30.3 Å². The van der Waals surface area contributed by atoms with E-state index in [1.54, 1.807) is 27.7 Å². The molecule has 1 heterocycles. The average molecular weight is 552 g/mol. The van der Waals surface area contributed by atoms with E-state index < -0.39 is 40.0 Å². The van der Waals surface area contributed by atoms with Crippen LogP contribution in [0.5, 0.6) is 11.5 Å². The van der Waals surface area contributed by atoms with Crippen LogP contribution in [-0.2, 0) is 10.9 Å². The molecule has 14 heteroatoms. The van der Waals surface area contributed by atoms with E-state index in [0.717, 1.165) is 12.1 Å². The summed E-state index contributed by atoms with van der Waals surface area (Å²) in [6.07, 6.45) is -5.39. The highest BCUT2D eigenvalue weighted by molar-refractivity contribution is 5.91. The number of hydrogen-bond acceptors (Lipinski definition) is 9. The Labute approximate surface area is 221 Å². The molecule has 39 heavy (non-hydrogen) atoms. The maximum atomic E-state index is 13.3. The van der Waals surface area contributed by atoms with E-state index in [4.69, 9.17) is 9.47 Å². The van der Waals surface area contributed by atoms with Crippen LogP contribution >= 0.6 is 0 Å². The van der Waals surface area contributed by atoms with Crippen LogP contribution in [-0.4, -0.2) is 44.8 Å². The Bertz CT molecular complexity index is 1390. The maximum Gasteiger partial charge on any atom is 0.416 e. The Morgan fingerprint density at radius 1 is 1.13 bits per heavy atom. The minimum absolute atomic E-state index is 0.0145. The van der Waals surface area contributed by atoms with Crippen molar-refractivity contribution < 1.29 is 37.5 Å². The SMILES string of the molecule is Cc1nc(N[C@H](C)c2cc([N+](=O)[O-])cc(C(F)(F)F)c2)c2cc(O)c(OCCOC(=O)NC(C)(C)C)cc2n1. The molecule has 1 amide bonds. The molecule has 0 radical (unpaired) electrons. The highest BCUT2D eigenvalue weighted by atomic mass is 19.4. The van der Waals surface area contributed by atoms with E-state index >= 15 is 0 Å². The lowest BCUT2D eigenvalue weighted by molar-refractivity contribution is -0.385. The van der Waals surface area contributed by atoms with Gasteiger partial charge in [-0.1, -0.05) is 0 Å². The lowest BCUT2D eigenvalue weighted by Crippen LogP contribution is -2.41. The molecule has 0 bridgehead atoms. The molecule has 2 aromatic carbocycles. The highest BCUT2D eigenvalue weighted by Gasteiger charge is 2.33. The minimum atomic E-state index is -4.78. The average Bonchev–Trinajstić information content (AvgIpc) is 2.80. The van der Waals surface area contributed by atoms with E-state index in [0.29, 0.717) is 22.8 Å². The third-order valence-corrected chi connectivity index (χ3v) is 5.27. The number of nitro benzene ring substituents is 1. The number of aromatic nitrogens is 2. The van der Waals surface area contributed by atoms with E-state index in [1.807, 2.05) is 0 Å². The predicted octanol–water partition coefficient (Wildman–Crippen LogP) is 5.65. The number of alkyl halides is 3. The molecule has 0 aliphatic heterocycles. The van der Waals surface area contributed by atoms with E-state index in [-0.39, 0.29) is 36.1 Å². The Kier molecular flexibility index (Phi) is 8.36. The summed E-state index contributed by atoms with van der Waals surface area (Å²) in [5, 5.41) is 27.6. The van der Waals surface area contributed by atoms with Gasteiger partial charge in [-0.2, -0.15) is 13.2 Å². The van der Waals surface area contributed by atoms with Crippen molar-refractivity contribution in [3.63, 3.8) is 0 Å². The zero-order valence-corrected chi connectivity index (χ0v) is 21.8. The molecule has 0 spiro atoms. The highest BCUT2D eigenvalue weighted by Crippen LogP contribution is 2.37. The number of rotatable bonds is 8. The number of hydrogen-bond donors (Lipinski definition) is 3. The number of fused-ring (bicyclic) bond motifs is 1. The molecule has 3 N–H and O–H groups in total. The number of carbonyl (C=O) groups excluding carboxylic acids is 1. The zero-order valence-electron chi connectivity index (χ0n) is 21.8. The largest absolute Gasteiger partial charge is 0.504 e. The molecule has 3 rings (SSSR count). The monoisotopic (exact) mass is 551 g/mol. The second-order valence-electron chi connectivity index (χ2n) is 9.75. The van der Waals surface area contributed by atoms with Gasteiger partial charge in [0.1, 0.15) is 24.9 Å². The summed E-state index contributed by atoms with van der Waals surface area (Å²) in [5.41, 5.74) is -1.95. The van der Waals surface area contributed by atoms with Crippen LogP contribution in [0.4, 0.5) is 29.5 Å². The van der Waals surface area contributed by atoms with Crippen LogP contribution < -0.4 is 15.4 Å². The molecule has 0 fully saturated rings. The van der Waals surface area contributed by atoms with E-state index in [2.05, 4.69) is 20.6 Å². The molecule has 0 saturated heterocycles. The molecule has 11 nitrogen and oxygen atoms in total. The number of phenolic OH excluding ortho intramolecular Hbond substituents is 1. The second kappa shape index (κ2) is 11.2. The van der Waals surface area contributed by atoms with Crippen LogP contribution in [0.3, 0.4) is 0 Å². The topological polar surface area (TPSA) is 149 Å². The summed E-state index contributed by atoms with van der Waals surface area (Å²) < 4.78 is 50.6. The molecule has 0 unspecified atom stereocenters. The fraction of sp³-hybridized carbons (Fsp3) is 0.400. The maximum absolute atomic E-state index is 13.3. The van der Waals surface area contributed by atoms with Crippen molar-refractivity contribution in [2.24, 2.45) is 0 Å². The molecule has 0 saturated carbocycles. The predicted molar refractivity (Wildman–Crippen MR) is 136 cm³/mol. The number of ether oxygens (including phenoxy) is 2. The van der Waals surface area contributed by atoms with Gasteiger partial charge in [0.25, 0.3) is 5.69 Å². The first-order valence-electron chi connectivity index (χ1n) is 11.8. The number of halogens is 3. The molecule has 0 aliphatic carbocycles. The number of amides is 1. The van der Waals surface area contributed by atoms with Gasteiger partial charge in [0.15, 0.2) is 11.5 Å². The Hall–Kier alpha value is -4.36. The van der Waals surface area contributed by atoms with Crippen molar-refractivity contribution in [2.45, 2.75) is 52.4 Å². The first-order valence-corrected chi connectivity index (χ1v) is 11.8. The van der Waals surface area contributed by atoms with Crippen LogP contribution in [0, 0.1) is 17.0 Å². The number of carbonyl (C=O) groups is 1. The lowest BCUT2D eigenvalue weighted by atomic mass is 10.0. The van der Waals surface area contributed by atoms with Gasteiger partial charge in [-0.15, -0.1) is 0 Å². The summed E-state index contributed by atoms with van der Waals surface area (Å²) in [4.78, 5) is 30.7. The van der Waals surface area contributed by atoms with Crippen molar-refractivity contribution in [3.05, 3.63) is 57.4 Å². The molecule has 0 aliphatic rings. The van der Waals surface area contributed by atoms with Gasteiger partial charge in [0, 0.05) is 29.1 Å². The molecule has 1 aromatic heterocycles. The van der Waals surface area contributed by atoms with Gasteiger partial charge in [0.2, 0.25) is 0 Å². The quantitative estimate of drug-likeness (QED) is 0.183. The summed E-state index contributed by atoms with van der Waals surface area (Å²) in [6, 6.07) is 4.28. The van der Waals surface area contributed by atoms with Crippen molar-refractivity contribution in [2.75, 3.05) is 18.5 Å². The number of anilines is 1. The third-order valence-electron chi connectivity index (χ3n) is 5.27. The van der Waals surface area contributed by atoms with E-state index in [9.17, 15) is 33.2 Å². The van der Waals surface area contributed by atoms with Crippen molar-refractivity contribution >= 4 is 28.5 Å². The van der Waals surface area contributed by atoms with Crippen LogP contribution in [0.2, 0.25) is 0 Å². The van der Waals surface area contributed by atoms with Crippen LogP contribution in [0.1, 0.15) is 50.7 Å². The minimum Gasteiger partial charge on any atom is -0.504 e. The molecule has 210 valence electrons. The van der Waals surface area contributed by atoms with E-state index in [1.165, 1.54) is 19.1 Å². The summed E-state index contributed by atoms with van der Waals surface area (Å²) in [7, 11) is 0. The lowest BCUT2D eigenvalue weighted by Gasteiger charge is -2.20. The number of phenols is 1. The summed E-state index contributed by atoms with van der Waals surface area (Å²) in [6.45, 7) is 8.38. The normalized spacial score (nSPS) is 12.6. The number of nitrogens with one attached hydrogen (secondary N) is 2. The molecule has 3 aromatic rings. The van der Waals surface area contributed by atoms with Gasteiger partial charge < -0.3 is 25.2 Å². The Morgan fingerprint density at radius 2 is 1.82 bits per heavy atom. The Balaban J connectivity index is 1.82. The molecular formula is C25H28F3N5O6. The number of aryl methyl sites for hydroxylation is 1. The number of benzene rings is 2. The van der Waals surface area contributed by atoms with Crippen LogP contribution in [0.25, 0.3) is 10.9 Å². The van der Waals surface area contributed by atoms with Crippen molar-refractivity contribution in [1.29, 1.82) is 0 Å². The van der Waals surface area contributed by atoms with Crippen molar-refractivity contribution in [3.8, 4) is 11.5 Å². The smallest absolute Gasteiger partial charge is 0.416 e. The standard InChI is InChI=1S/C25H28F3N5O6/c1-13(15-8-16(25(26,27)28)10-17(9-15)33(36)37)29-22-18-11-20(34)21(12-19(18)30-14(2)31-22)38-6-7-39-23(35)32-24(3,4)5/h8-13,34H,6-7H2,1-5H3,(H,32,35)(H,29,30,31)/t13-/m1/s1.